The molecule has 12 aliphatic carbocycles. The van der Waals surface area contributed by atoms with Crippen molar-refractivity contribution in [2.45, 2.75) is 197 Å². The topological polar surface area (TPSA) is 259 Å². The summed E-state index contributed by atoms with van der Waals surface area (Å²) >= 11 is 0. The highest BCUT2D eigenvalue weighted by Gasteiger charge is 2.74. The van der Waals surface area contributed by atoms with Crippen LogP contribution in [0.1, 0.15) is 152 Å². The average Bonchev–Trinajstić information content (AvgIpc) is 3.18. The summed E-state index contributed by atoms with van der Waals surface area (Å²) in [7, 11) is 0. The first-order valence-electron chi connectivity index (χ1n) is 24.7. The molecule has 17 heteroatoms. The van der Waals surface area contributed by atoms with E-state index >= 15 is 0 Å². The molecule has 13 atom stereocenters. The lowest BCUT2D eigenvalue weighted by atomic mass is 9.39. The molecule has 0 aliphatic heterocycles. The highest BCUT2D eigenvalue weighted by Crippen LogP contribution is 2.71. The highest BCUT2D eigenvalue weighted by atomic mass is 16.6. The molecule has 390 valence electrons. The number of carbonyl (C=O) groups excluding carboxylic acids is 6. The van der Waals surface area contributed by atoms with Gasteiger partial charge in [-0.1, -0.05) is 68.2 Å². The Bertz CT molecular complexity index is 2070. The zero-order valence-corrected chi connectivity index (χ0v) is 42.4. The van der Waals surface area contributed by atoms with Crippen molar-refractivity contribution in [1.82, 2.24) is 0 Å². The van der Waals surface area contributed by atoms with Gasteiger partial charge in [0.25, 0.3) is 0 Å². The van der Waals surface area contributed by atoms with Gasteiger partial charge in [0, 0.05) is 61.2 Å². The molecule has 0 heterocycles. The highest BCUT2D eigenvalue weighted by molar-refractivity contribution is 5.88. The Kier molecular flexibility index (Phi) is 13.2. The normalized spacial score (nSPS) is 46.7. The van der Waals surface area contributed by atoms with Gasteiger partial charge in [-0.3, -0.25) is 0 Å². The molecule has 0 aromatic carbocycles. The molecule has 12 saturated carbocycles. The minimum absolute atomic E-state index is 0.00934. The summed E-state index contributed by atoms with van der Waals surface area (Å²) in [5.74, 6) is -4.51. The van der Waals surface area contributed by atoms with Crippen molar-refractivity contribution in [1.29, 1.82) is 0 Å². The number of carbonyl (C=O) groups is 6. The Morgan fingerprint density at radius 1 is 0.457 bits per heavy atom. The standard InChI is InChI=1S/C18H26O6.C18H26O5.C17H24O6/c1-11(2)14(20)23-5-13(19)24-18-8-15(4)6-16(21,10-18)9-17(22,7-15)12(18)3;1-5-13(19)22-6-14(20)23-18-10-15(3)7-16(4,11-18)9-17(21,8-15)12(18)2;1-4-12(18)22-5-13(19)23-17-8-14(3)6-15(20,10-17)9-16(21,7-14)11(17)2/h12,21-22H,1,5-10H2,2-4H3;5,12,21H,1,6-11H2,2-4H3;4,11,20-21H,1,5-10H2,2-3H3. The fraction of sp³-hybridized carbons (Fsp3) is 0.774. The zero-order valence-electron chi connectivity index (χ0n) is 42.4. The molecule has 12 fully saturated rings. The van der Waals surface area contributed by atoms with E-state index in [1.165, 1.54) is 6.92 Å². The third-order valence-electron chi connectivity index (χ3n) is 18.1. The summed E-state index contributed by atoms with van der Waals surface area (Å²) in [6.45, 7) is 24.3. The van der Waals surface area contributed by atoms with Crippen molar-refractivity contribution >= 4 is 35.8 Å². The molecule has 13 unspecified atom stereocenters. The smallest absolute Gasteiger partial charge is 0.344 e. The number of aliphatic hydroxyl groups is 5. The molecule has 0 aromatic rings. The monoisotopic (exact) mass is 985 g/mol. The zero-order chi connectivity index (χ0) is 52.2. The number of hydrogen-bond acceptors (Lipinski definition) is 17. The van der Waals surface area contributed by atoms with Crippen LogP contribution in [0.15, 0.2) is 37.5 Å². The van der Waals surface area contributed by atoms with Crippen molar-refractivity contribution in [2.24, 2.45) is 39.4 Å². The maximum absolute atomic E-state index is 12.2. The molecule has 5 N–H and O–H groups in total. The summed E-state index contributed by atoms with van der Waals surface area (Å²) in [4.78, 5) is 70.1. The Hall–Kier alpha value is -4.16. The van der Waals surface area contributed by atoms with Gasteiger partial charge >= 0.3 is 35.8 Å². The molecule has 0 radical (unpaired) electrons. The van der Waals surface area contributed by atoms with Crippen LogP contribution in [0.3, 0.4) is 0 Å². The van der Waals surface area contributed by atoms with Gasteiger partial charge in [0.2, 0.25) is 0 Å². The summed E-state index contributed by atoms with van der Waals surface area (Å²) in [6, 6.07) is 0. The van der Waals surface area contributed by atoms with E-state index in [2.05, 4.69) is 33.6 Å². The van der Waals surface area contributed by atoms with Gasteiger partial charge < -0.3 is 54.0 Å². The fourth-order valence-corrected chi connectivity index (χ4v) is 17.4. The van der Waals surface area contributed by atoms with Crippen LogP contribution in [0.25, 0.3) is 0 Å². The van der Waals surface area contributed by atoms with E-state index in [1.807, 2.05) is 34.6 Å². The van der Waals surface area contributed by atoms with E-state index in [0.29, 0.717) is 64.2 Å². The first-order valence-corrected chi connectivity index (χ1v) is 24.7. The van der Waals surface area contributed by atoms with Crippen molar-refractivity contribution < 1.29 is 82.7 Å². The fourth-order valence-electron chi connectivity index (χ4n) is 17.4. The van der Waals surface area contributed by atoms with Crippen LogP contribution in [-0.2, 0) is 57.2 Å². The van der Waals surface area contributed by atoms with Crippen LogP contribution in [0.5, 0.6) is 0 Å². The molecule has 12 rings (SSSR count). The van der Waals surface area contributed by atoms with Crippen LogP contribution in [0.2, 0.25) is 0 Å². The molecular weight excluding hydrogens is 909 g/mol. The van der Waals surface area contributed by atoms with E-state index in [1.54, 1.807) is 0 Å². The molecule has 0 spiro atoms. The predicted octanol–water partition coefficient (Wildman–Crippen LogP) is 4.95. The van der Waals surface area contributed by atoms with Gasteiger partial charge in [0.05, 0.1) is 28.0 Å². The third-order valence-corrected chi connectivity index (χ3v) is 18.1. The Labute approximate surface area is 410 Å². The van der Waals surface area contributed by atoms with E-state index in [4.69, 9.17) is 28.4 Å². The van der Waals surface area contributed by atoms with Crippen LogP contribution < -0.4 is 0 Å². The average molecular weight is 985 g/mol. The van der Waals surface area contributed by atoms with Gasteiger partial charge in [-0.2, -0.15) is 0 Å². The van der Waals surface area contributed by atoms with Crippen LogP contribution in [-0.4, -0.2) is 126 Å². The second-order valence-corrected chi connectivity index (χ2v) is 25.4. The second-order valence-electron chi connectivity index (χ2n) is 25.4. The summed E-state index contributed by atoms with van der Waals surface area (Å²) in [5, 5.41) is 54.9. The summed E-state index contributed by atoms with van der Waals surface area (Å²) in [6.07, 6.45) is 11.0. The molecule has 17 nitrogen and oxygen atoms in total. The van der Waals surface area contributed by atoms with Crippen molar-refractivity contribution in [2.75, 3.05) is 19.8 Å². The number of esters is 6. The lowest BCUT2D eigenvalue weighted by Crippen LogP contribution is -2.74. The lowest BCUT2D eigenvalue weighted by molar-refractivity contribution is -0.311. The van der Waals surface area contributed by atoms with Gasteiger partial charge in [-0.25, -0.2) is 28.8 Å². The Balaban J connectivity index is 0.000000155. The minimum Gasteiger partial charge on any atom is -0.456 e. The maximum atomic E-state index is 12.2. The van der Waals surface area contributed by atoms with Crippen molar-refractivity contribution in [3.63, 3.8) is 0 Å². The summed E-state index contributed by atoms with van der Waals surface area (Å²) < 4.78 is 31.6. The molecular formula is C53H76O17. The number of ether oxygens (including phenoxy) is 6. The van der Waals surface area contributed by atoms with Crippen LogP contribution in [0, 0.1) is 39.4 Å². The van der Waals surface area contributed by atoms with E-state index in [0.717, 1.165) is 44.3 Å². The van der Waals surface area contributed by atoms with E-state index in [-0.39, 0.29) is 45.0 Å². The second kappa shape index (κ2) is 17.2. The summed E-state index contributed by atoms with van der Waals surface area (Å²) in [5.41, 5.74) is -7.69. The van der Waals surface area contributed by atoms with Crippen molar-refractivity contribution in [3.05, 3.63) is 37.5 Å². The lowest BCUT2D eigenvalue weighted by Gasteiger charge is -2.69. The van der Waals surface area contributed by atoms with Crippen LogP contribution in [0.4, 0.5) is 0 Å². The molecule has 0 aromatic heterocycles. The molecule has 0 saturated heterocycles. The Morgan fingerprint density at radius 2 is 0.743 bits per heavy atom. The molecule has 12 aliphatic rings. The van der Waals surface area contributed by atoms with E-state index in [9.17, 15) is 54.3 Å². The van der Waals surface area contributed by atoms with Gasteiger partial charge in [-0.05, 0) is 99.2 Å². The predicted molar refractivity (Wildman–Crippen MR) is 248 cm³/mol. The molecule has 70 heavy (non-hydrogen) atoms. The largest absolute Gasteiger partial charge is 0.456 e. The first kappa shape index (κ1) is 53.6. The van der Waals surface area contributed by atoms with Crippen LogP contribution >= 0.6 is 0 Å². The maximum Gasteiger partial charge on any atom is 0.344 e. The minimum atomic E-state index is -1.03. The van der Waals surface area contributed by atoms with Gasteiger partial charge in [0.15, 0.2) is 19.8 Å². The molecule has 0 amide bonds. The quantitative estimate of drug-likeness (QED) is 0.0985. The number of hydrogen-bond donors (Lipinski definition) is 5. The third kappa shape index (κ3) is 9.87. The van der Waals surface area contributed by atoms with Gasteiger partial charge in [-0.15, -0.1) is 0 Å². The SMILES string of the molecule is C=C(C)C(=O)OCC(=O)OC12CC3(C)CC(O)(CC(O)(C3)C1C)C2.C=CC(=O)OCC(=O)OC12CC3(C)CC(C)(CC(O)(C3)C1C)C2.C=CC(=O)OCC(=O)OC12CC3(C)CC(O)(CC(O)(C3)C1C)C2. The first-order chi connectivity index (χ1) is 32.0. The van der Waals surface area contributed by atoms with Crippen molar-refractivity contribution in [3.8, 4) is 0 Å². The number of rotatable bonds is 12. The van der Waals surface area contributed by atoms with Gasteiger partial charge in [0.1, 0.15) is 16.8 Å². The van der Waals surface area contributed by atoms with E-state index < -0.39 is 100 Å². The molecule has 12 bridgehead atoms. The Morgan fingerprint density at radius 3 is 1.04 bits per heavy atom.